The molecule has 4 heteroatoms. The van der Waals surface area contributed by atoms with E-state index in [9.17, 15) is 4.79 Å². The second-order valence-corrected chi connectivity index (χ2v) is 5.68. The molecule has 0 saturated carbocycles. The molecule has 1 fully saturated rings. The molecule has 0 spiro atoms. The van der Waals surface area contributed by atoms with Gasteiger partial charge < -0.3 is 15.4 Å². The molecular formula is C16H24N2O2. The molecule has 0 aromatic heterocycles. The second kappa shape index (κ2) is 6.27. The van der Waals surface area contributed by atoms with Gasteiger partial charge in [0.05, 0.1) is 18.7 Å². The van der Waals surface area contributed by atoms with Crippen molar-refractivity contribution in [2.75, 3.05) is 13.7 Å². The third-order valence-corrected chi connectivity index (χ3v) is 4.08. The summed E-state index contributed by atoms with van der Waals surface area (Å²) in [5, 5.41) is 6.44. The molecule has 1 aliphatic rings. The van der Waals surface area contributed by atoms with Gasteiger partial charge in [-0.3, -0.25) is 4.79 Å². The van der Waals surface area contributed by atoms with Gasteiger partial charge in [0.2, 0.25) is 5.91 Å². The van der Waals surface area contributed by atoms with E-state index in [-0.39, 0.29) is 11.9 Å². The van der Waals surface area contributed by atoms with Gasteiger partial charge in [0.1, 0.15) is 5.75 Å². The predicted octanol–water partition coefficient (Wildman–Crippen LogP) is 2.40. The molecule has 0 bridgehead atoms. The largest absolute Gasteiger partial charge is 0.497 e. The van der Waals surface area contributed by atoms with E-state index in [4.69, 9.17) is 4.74 Å². The number of nitrogens with one attached hydrogen (secondary N) is 2. The normalized spacial score (nSPS) is 23.9. The average molecular weight is 276 g/mol. The summed E-state index contributed by atoms with van der Waals surface area (Å²) in [6.45, 7) is 4.91. The first-order chi connectivity index (χ1) is 9.55. The third-order valence-electron chi connectivity index (χ3n) is 4.08. The van der Waals surface area contributed by atoms with Crippen molar-refractivity contribution >= 4 is 5.91 Å². The number of carbonyl (C=O) groups is 1. The summed E-state index contributed by atoms with van der Waals surface area (Å²) in [5.41, 5.74) is 0.650. The van der Waals surface area contributed by atoms with Gasteiger partial charge in [-0.05, 0) is 57.4 Å². The number of carbonyl (C=O) groups excluding carboxylic acids is 1. The molecule has 20 heavy (non-hydrogen) atoms. The van der Waals surface area contributed by atoms with E-state index in [1.54, 1.807) is 7.11 Å². The topological polar surface area (TPSA) is 50.4 Å². The Hall–Kier alpha value is -1.55. The molecule has 1 amide bonds. The minimum absolute atomic E-state index is 0.00559. The fourth-order valence-corrected chi connectivity index (χ4v) is 2.58. The highest BCUT2D eigenvalue weighted by Gasteiger charge is 2.34. The van der Waals surface area contributed by atoms with Crippen LogP contribution in [0.3, 0.4) is 0 Å². The van der Waals surface area contributed by atoms with Crippen molar-refractivity contribution in [3.8, 4) is 5.75 Å². The van der Waals surface area contributed by atoms with Crippen LogP contribution in [0, 0.1) is 0 Å². The summed E-state index contributed by atoms with van der Waals surface area (Å²) in [7, 11) is 1.65. The van der Waals surface area contributed by atoms with Crippen molar-refractivity contribution in [1.29, 1.82) is 0 Å². The minimum Gasteiger partial charge on any atom is -0.497 e. The molecule has 2 atom stereocenters. The van der Waals surface area contributed by atoms with Crippen LogP contribution in [0.25, 0.3) is 0 Å². The summed E-state index contributed by atoms with van der Waals surface area (Å²) < 4.78 is 5.14. The lowest BCUT2D eigenvalue weighted by Gasteiger charge is -2.34. The molecule has 0 radical (unpaired) electrons. The molecule has 1 saturated heterocycles. The van der Waals surface area contributed by atoms with Crippen molar-refractivity contribution in [3.05, 3.63) is 29.8 Å². The summed E-state index contributed by atoms with van der Waals surface area (Å²) in [6, 6.07) is 7.80. The highest BCUT2D eigenvalue weighted by Crippen LogP contribution is 2.22. The smallest absolute Gasteiger partial charge is 0.240 e. The van der Waals surface area contributed by atoms with Crippen LogP contribution in [0.2, 0.25) is 0 Å². The first-order valence-electron chi connectivity index (χ1n) is 7.25. The van der Waals surface area contributed by atoms with Gasteiger partial charge in [-0.25, -0.2) is 0 Å². The molecule has 1 aromatic rings. The Morgan fingerprint density at radius 2 is 2.05 bits per heavy atom. The van der Waals surface area contributed by atoms with Gasteiger partial charge in [0.15, 0.2) is 0 Å². The maximum atomic E-state index is 12.4. The zero-order chi connectivity index (χ0) is 14.6. The van der Waals surface area contributed by atoms with Crippen molar-refractivity contribution < 1.29 is 9.53 Å². The summed E-state index contributed by atoms with van der Waals surface area (Å²) >= 11 is 0. The minimum atomic E-state index is -0.432. The zero-order valence-electron chi connectivity index (χ0n) is 12.5. The fraction of sp³-hybridized carbons (Fsp3) is 0.562. The van der Waals surface area contributed by atoms with E-state index in [1.807, 2.05) is 38.1 Å². The molecule has 110 valence electrons. The highest BCUT2D eigenvalue weighted by molar-refractivity contribution is 5.86. The van der Waals surface area contributed by atoms with Crippen molar-refractivity contribution in [2.45, 2.75) is 44.7 Å². The molecular weight excluding hydrogens is 252 g/mol. The van der Waals surface area contributed by atoms with E-state index < -0.39 is 5.54 Å². The number of methoxy groups -OCH3 is 1. The van der Waals surface area contributed by atoms with Crippen LogP contribution in [0.1, 0.15) is 44.7 Å². The quantitative estimate of drug-likeness (QED) is 0.888. The molecule has 1 aromatic carbocycles. The van der Waals surface area contributed by atoms with E-state index in [2.05, 4.69) is 10.6 Å². The monoisotopic (exact) mass is 276 g/mol. The predicted molar refractivity (Wildman–Crippen MR) is 79.8 cm³/mol. The molecule has 2 rings (SSSR count). The highest BCUT2D eigenvalue weighted by atomic mass is 16.5. The van der Waals surface area contributed by atoms with Crippen molar-refractivity contribution in [1.82, 2.24) is 10.6 Å². The number of benzene rings is 1. The lowest BCUT2D eigenvalue weighted by molar-refractivity contribution is -0.128. The Morgan fingerprint density at radius 1 is 1.35 bits per heavy atom. The van der Waals surface area contributed by atoms with Crippen LogP contribution in [-0.2, 0) is 4.79 Å². The maximum Gasteiger partial charge on any atom is 0.240 e. The number of hydrogen-bond donors (Lipinski definition) is 2. The summed E-state index contributed by atoms with van der Waals surface area (Å²) in [4.78, 5) is 12.4. The van der Waals surface area contributed by atoms with Gasteiger partial charge in [-0.1, -0.05) is 12.1 Å². The number of ether oxygens (including phenoxy) is 1. The molecule has 0 aliphatic carbocycles. The second-order valence-electron chi connectivity index (χ2n) is 5.68. The lowest BCUT2D eigenvalue weighted by atomic mass is 9.89. The third kappa shape index (κ3) is 3.31. The maximum absolute atomic E-state index is 12.4. The fourth-order valence-electron chi connectivity index (χ4n) is 2.58. The first-order valence-corrected chi connectivity index (χ1v) is 7.25. The molecule has 1 aliphatic heterocycles. The lowest BCUT2D eigenvalue weighted by Crippen LogP contribution is -2.57. The van der Waals surface area contributed by atoms with Crippen LogP contribution in [-0.4, -0.2) is 25.1 Å². The SMILES string of the molecule is COc1ccc([C@H](C)NC(=O)C2(C)CCCCN2)cc1. The van der Waals surface area contributed by atoms with Crippen LogP contribution < -0.4 is 15.4 Å². The molecule has 1 heterocycles. The Labute approximate surface area is 120 Å². The Balaban J connectivity index is 1.99. The van der Waals surface area contributed by atoms with E-state index in [0.717, 1.165) is 37.1 Å². The molecule has 1 unspecified atom stereocenters. The van der Waals surface area contributed by atoms with Gasteiger partial charge in [0.25, 0.3) is 0 Å². The molecule has 4 nitrogen and oxygen atoms in total. The summed E-state index contributed by atoms with van der Waals surface area (Å²) in [5.74, 6) is 0.911. The standard InChI is InChI=1S/C16H24N2O2/c1-12(13-6-8-14(20-3)9-7-13)18-15(19)16(2)10-4-5-11-17-16/h6-9,12,17H,4-5,10-11H2,1-3H3,(H,18,19)/t12-,16?/m0/s1. The average Bonchev–Trinajstić information content (AvgIpc) is 2.48. The van der Waals surface area contributed by atoms with Gasteiger partial charge >= 0.3 is 0 Å². The van der Waals surface area contributed by atoms with E-state index in [1.165, 1.54) is 0 Å². The number of amides is 1. The van der Waals surface area contributed by atoms with Crippen molar-refractivity contribution in [3.63, 3.8) is 0 Å². The van der Waals surface area contributed by atoms with Crippen LogP contribution in [0.5, 0.6) is 5.75 Å². The Morgan fingerprint density at radius 3 is 2.60 bits per heavy atom. The van der Waals surface area contributed by atoms with Crippen LogP contribution >= 0.6 is 0 Å². The Kier molecular flexibility index (Phi) is 4.65. The van der Waals surface area contributed by atoms with E-state index >= 15 is 0 Å². The van der Waals surface area contributed by atoms with Crippen LogP contribution in [0.4, 0.5) is 0 Å². The van der Waals surface area contributed by atoms with Crippen molar-refractivity contribution in [2.24, 2.45) is 0 Å². The first kappa shape index (κ1) is 14.9. The Bertz CT molecular complexity index is 450. The molecule has 2 N–H and O–H groups in total. The summed E-state index contributed by atoms with van der Waals surface area (Å²) in [6.07, 6.45) is 3.15. The number of piperidine rings is 1. The number of rotatable bonds is 4. The zero-order valence-corrected chi connectivity index (χ0v) is 12.5. The van der Waals surface area contributed by atoms with Gasteiger partial charge in [-0.15, -0.1) is 0 Å². The van der Waals surface area contributed by atoms with Gasteiger partial charge in [0, 0.05) is 0 Å². The van der Waals surface area contributed by atoms with Crippen LogP contribution in [0.15, 0.2) is 24.3 Å². The van der Waals surface area contributed by atoms with E-state index in [0.29, 0.717) is 0 Å². The van der Waals surface area contributed by atoms with Gasteiger partial charge in [-0.2, -0.15) is 0 Å². The number of hydrogen-bond acceptors (Lipinski definition) is 3.